The van der Waals surface area contributed by atoms with Gasteiger partial charge in [-0.15, -0.1) is 0 Å². The molecule has 0 aliphatic carbocycles. The van der Waals surface area contributed by atoms with Crippen LogP contribution in [0.25, 0.3) is 0 Å². The van der Waals surface area contributed by atoms with Crippen molar-refractivity contribution in [3.8, 4) is 0 Å². The second-order valence-corrected chi connectivity index (χ2v) is 5.49. The molecule has 1 aromatic rings. The van der Waals surface area contributed by atoms with Crippen LogP contribution in [0.1, 0.15) is 24.9 Å². The van der Waals surface area contributed by atoms with Crippen molar-refractivity contribution in [2.75, 3.05) is 19.6 Å². The van der Waals surface area contributed by atoms with Crippen molar-refractivity contribution < 1.29 is 0 Å². The molecular weight excluding hydrogens is 266 g/mol. The van der Waals surface area contributed by atoms with Gasteiger partial charge in [-0.25, -0.2) is 0 Å². The quantitative estimate of drug-likeness (QED) is 0.925. The minimum absolute atomic E-state index is 0.315. The van der Waals surface area contributed by atoms with Crippen LogP contribution in [0.2, 0.25) is 0 Å². The van der Waals surface area contributed by atoms with Crippen LogP contribution < -0.4 is 5.73 Å². The van der Waals surface area contributed by atoms with E-state index in [0.29, 0.717) is 12.6 Å². The molecule has 88 valence electrons. The first-order valence-corrected chi connectivity index (χ1v) is 6.54. The van der Waals surface area contributed by atoms with Gasteiger partial charge in [0, 0.05) is 36.0 Å². The second kappa shape index (κ2) is 5.25. The Kier molecular flexibility index (Phi) is 3.95. The number of hydrogen-bond acceptors (Lipinski definition) is 3. The van der Waals surface area contributed by atoms with Gasteiger partial charge in [-0.2, -0.15) is 0 Å². The van der Waals surface area contributed by atoms with Crippen molar-refractivity contribution in [3.05, 3.63) is 28.5 Å². The second-order valence-electron chi connectivity index (χ2n) is 4.58. The van der Waals surface area contributed by atoms with Crippen molar-refractivity contribution in [1.82, 2.24) is 9.88 Å². The number of rotatable bonds is 3. The topological polar surface area (TPSA) is 42.1 Å². The first-order chi connectivity index (χ1) is 7.70. The fourth-order valence-electron chi connectivity index (χ4n) is 2.36. The molecule has 1 fully saturated rings. The van der Waals surface area contributed by atoms with E-state index >= 15 is 0 Å². The summed E-state index contributed by atoms with van der Waals surface area (Å²) in [6.07, 6.45) is 5.01. The van der Waals surface area contributed by atoms with Crippen molar-refractivity contribution >= 4 is 15.9 Å². The van der Waals surface area contributed by atoms with E-state index in [2.05, 4.69) is 38.8 Å². The van der Waals surface area contributed by atoms with Crippen molar-refractivity contribution in [1.29, 1.82) is 0 Å². The summed E-state index contributed by atoms with van der Waals surface area (Å²) in [5.74, 6) is 0.786. The predicted molar refractivity (Wildman–Crippen MR) is 69.1 cm³/mol. The molecule has 0 radical (unpaired) electrons. The summed E-state index contributed by atoms with van der Waals surface area (Å²) in [7, 11) is 0. The highest BCUT2D eigenvalue weighted by Crippen LogP contribution is 2.27. The number of halogens is 1. The van der Waals surface area contributed by atoms with Crippen LogP contribution in [-0.2, 0) is 0 Å². The third-order valence-electron chi connectivity index (χ3n) is 3.23. The molecule has 1 saturated heterocycles. The minimum atomic E-state index is 0.315. The number of hydrogen-bond donors (Lipinski definition) is 1. The summed E-state index contributed by atoms with van der Waals surface area (Å²) >= 11 is 3.46. The van der Waals surface area contributed by atoms with Gasteiger partial charge in [0.2, 0.25) is 0 Å². The fraction of sp³-hybridized carbons (Fsp3) is 0.583. The van der Waals surface area contributed by atoms with Crippen LogP contribution in [0.4, 0.5) is 0 Å². The molecule has 0 spiro atoms. The molecule has 3 nitrogen and oxygen atoms in total. The molecular formula is C12H18BrN3. The number of nitrogens with two attached hydrogens (primary N) is 1. The maximum Gasteiger partial charge on any atom is 0.0486 e. The Morgan fingerprint density at radius 2 is 2.44 bits per heavy atom. The molecule has 0 aromatic carbocycles. The molecule has 0 bridgehead atoms. The molecule has 2 rings (SSSR count). The van der Waals surface area contributed by atoms with E-state index < -0.39 is 0 Å². The van der Waals surface area contributed by atoms with E-state index in [1.54, 1.807) is 0 Å². The summed E-state index contributed by atoms with van der Waals surface area (Å²) < 4.78 is 1.02. The van der Waals surface area contributed by atoms with Gasteiger partial charge >= 0.3 is 0 Å². The highest BCUT2D eigenvalue weighted by molar-refractivity contribution is 9.10. The van der Waals surface area contributed by atoms with Crippen LogP contribution in [-0.4, -0.2) is 29.5 Å². The van der Waals surface area contributed by atoms with Gasteiger partial charge in [0.1, 0.15) is 0 Å². The maximum absolute atomic E-state index is 5.90. The average Bonchev–Trinajstić information content (AvgIpc) is 2.66. The Hall–Kier alpha value is -0.450. The lowest BCUT2D eigenvalue weighted by molar-refractivity contribution is 0.243. The Bertz CT molecular complexity index is 356. The molecule has 0 saturated carbocycles. The monoisotopic (exact) mass is 283 g/mol. The molecule has 1 aliphatic rings. The molecule has 1 aliphatic heterocycles. The van der Waals surface area contributed by atoms with Crippen LogP contribution in [0, 0.1) is 5.92 Å². The molecule has 4 heteroatoms. The van der Waals surface area contributed by atoms with Crippen molar-refractivity contribution in [2.24, 2.45) is 11.7 Å². The molecule has 2 atom stereocenters. The normalized spacial score (nSPS) is 23.6. The molecule has 2 unspecified atom stereocenters. The Morgan fingerprint density at radius 3 is 3.00 bits per heavy atom. The average molecular weight is 284 g/mol. The zero-order valence-electron chi connectivity index (χ0n) is 9.56. The first-order valence-electron chi connectivity index (χ1n) is 5.75. The van der Waals surface area contributed by atoms with Gasteiger partial charge in [-0.1, -0.05) is 6.92 Å². The molecule has 2 N–H and O–H groups in total. The van der Waals surface area contributed by atoms with E-state index in [-0.39, 0.29) is 0 Å². The van der Waals surface area contributed by atoms with E-state index in [1.165, 1.54) is 12.0 Å². The lowest BCUT2D eigenvalue weighted by Crippen LogP contribution is -2.32. The smallest absolute Gasteiger partial charge is 0.0486 e. The van der Waals surface area contributed by atoms with Crippen molar-refractivity contribution in [2.45, 2.75) is 19.4 Å². The summed E-state index contributed by atoms with van der Waals surface area (Å²) in [4.78, 5) is 6.68. The number of nitrogens with zero attached hydrogens (tertiary/aromatic N) is 2. The summed E-state index contributed by atoms with van der Waals surface area (Å²) in [6, 6.07) is 2.43. The van der Waals surface area contributed by atoms with E-state index in [1.807, 2.05) is 12.4 Å². The Balaban J connectivity index is 2.16. The Labute approximate surface area is 105 Å². The number of pyridine rings is 1. The summed E-state index contributed by atoms with van der Waals surface area (Å²) in [5, 5.41) is 0. The lowest BCUT2D eigenvalue weighted by atomic mass is 10.1. The van der Waals surface area contributed by atoms with Gasteiger partial charge in [-0.05, 0) is 46.4 Å². The SMILES string of the molecule is CC1CCN(C(CN)c2cncc(Br)c2)C1. The van der Waals surface area contributed by atoms with Crippen LogP contribution in [0.3, 0.4) is 0 Å². The van der Waals surface area contributed by atoms with Crippen LogP contribution >= 0.6 is 15.9 Å². The van der Waals surface area contributed by atoms with Crippen molar-refractivity contribution in [3.63, 3.8) is 0 Å². The van der Waals surface area contributed by atoms with Crippen LogP contribution in [0.5, 0.6) is 0 Å². The molecule has 2 heterocycles. The van der Waals surface area contributed by atoms with E-state index in [9.17, 15) is 0 Å². The molecule has 0 amide bonds. The predicted octanol–water partition coefficient (Wildman–Crippen LogP) is 2.19. The summed E-state index contributed by atoms with van der Waals surface area (Å²) in [6.45, 7) is 5.25. The third kappa shape index (κ3) is 2.62. The van der Waals surface area contributed by atoms with Gasteiger partial charge in [0.15, 0.2) is 0 Å². The minimum Gasteiger partial charge on any atom is -0.329 e. The van der Waals surface area contributed by atoms with E-state index in [0.717, 1.165) is 23.5 Å². The van der Waals surface area contributed by atoms with Gasteiger partial charge in [-0.3, -0.25) is 9.88 Å². The third-order valence-corrected chi connectivity index (χ3v) is 3.66. The zero-order valence-corrected chi connectivity index (χ0v) is 11.2. The number of aromatic nitrogens is 1. The molecule has 1 aromatic heterocycles. The maximum atomic E-state index is 5.90. The number of likely N-dealkylation sites (tertiary alicyclic amines) is 1. The van der Waals surface area contributed by atoms with Gasteiger partial charge in [0.25, 0.3) is 0 Å². The van der Waals surface area contributed by atoms with Crippen LogP contribution in [0.15, 0.2) is 22.9 Å². The first kappa shape index (κ1) is 12.0. The fourth-order valence-corrected chi connectivity index (χ4v) is 2.74. The van der Waals surface area contributed by atoms with Gasteiger partial charge < -0.3 is 5.73 Å². The molecule has 16 heavy (non-hydrogen) atoms. The van der Waals surface area contributed by atoms with E-state index in [4.69, 9.17) is 5.73 Å². The highest BCUT2D eigenvalue weighted by atomic mass is 79.9. The summed E-state index contributed by atoms with van der Waals surface area (Å²) in [5.41, 5.74) is 7.11. The lowest BCUT2D eigenvalue weighted by Gasteiger charge is -2.26. The van der Waals surface area contributed by atoms with Gasteiger partial charge in [0.05, 0.1) is 0 Å². The Morgan fingerprint density at radius 1 is 1.62 bits per heavy atom. The largest absolute Gasteiger partial charge is 0.329 e. The zero-order chi connectivity index (χ0) is 11.5. The standard InChI is InChI=1S/C12H18BrN3/c1-9-2-3-16(8-9)12(5-14)10-4-11(13)7-15-6-10/h4,6-7,9,12H,2-3,5,8,14H2,1H3. The highest BCUT2D eigenvalue weighted by Gasteiger charge is 2.26.